The van der Waals surface area contributed by atoms with Crippen LogP contribution in [0.15, 0.2) is 61.1 Å². The molecule has 140 valence electrons. The molecule has 1 aromatic carbocycles. The fourth-order valence-corrected chi connectivity index (χ4v) is 2.77. The summed E-state index contributed by atoms with van der Waals surface area (Å²) >= 11 is 0. The van der Waals surface area contributed by atoms with Crippen molar-refractivity contribution in [1.29, 1.82) is 0 Å². The smallest absolute Gasteiger partial charge is 0.287 e. The van der Waals surface area contributed by atoms with E-state index in [1.807, 2.05) is 0 Å². The van der Waals surface area contributed by atoms with Crippen LogP contribution in [0, 0.1) is 5.82 Å². The van der Waals surface area contributed by atoms with Gasteiger partial charge in [0.25, 0.3) is 0 Å². The van der Waals surface area contributed by atoms with E-state index < -0.39 is 23.3 Å². The van der Waals surface area contributed by atoms with E-state index in [1.165, 1.54) is 41.2 Å². The van der Waals surface area contributed by atoms with Gasteiger partial charge in [-0.3, -0.25) is 4.79 Å². The minimum atomic E-state index is -4.48. The van der Waals surface area contributed by atoms with Crippen LogP contribution in [0.1, 0.15) is 21.6 Å². The molecule has 0 atom stereocenters. The van der Waals surface area contributed by atoms with Crippen LogP contribution in [0.4, 0.5) is 17.6 Å². The number of benzene rings is 1. The lowest BCUT2D eigenvalue weighted by Gasteiger charge is -2.09. The van der Waals surface area contributed by atoms with Gasteiger partial charge in [0.1, 0.15) is 11.5 Å². The van der Waals surface area contributed by atoms with Gasteiger partial charge in [-0.15, -0.1) is 0 Å². The maximum absolute atomic E-state index is 13.0. The highest BCUT2D eigenvalue weighted by Crippen LogP contribution is 2.32. The van der Waals surface area contributed by atoms with Gasteiger partial charge in [-0.05, 0) is 30.3 Å². The molecule has 4 aromatic rings. The normalized spacial score (nSPS) is 11.7. The molecule has 0 radical (unpaired) electrons. The van der Waals surface area contributed by atoms with Crippen molar-refractivity contribution >= 4 is 11.4 Å². The number of carbonyl (C=O) groups is 1. The second kappa shape index (κ2) is 6.52. The average molecular weight is 386 g/mol. The summed E-state index contributed by atoms with van der Waals surface area (Å²) in [4.78, 5) is 20.5. The van der Waals surface area contributed by atoms with Gasteiger partial charge >= 0.3 is 6.18 Å². The Hall–Kier alpha value is -3.62. The number of halogens is 4. The molecular weight excluding hydrogens is 376 g/mol. The summed E-state index contributed by atoms with van der Waals surface area (Å²) < 4.78 is 53.3. The summed E-state index contributed by atoms with van der Waals surface area (Å²) in [5.74, 6) is -1.11. The number of hydrogen-bond donors (Lipinski definition) is 0. The number of carbonyl (C=O) groups excluding carboxylic acids is 1. The monoisotopic (exact) mass is 386 g/mol. The van der Waals surface area contributed by atoms with Gasteiger partial charge in [0.2, 0.25) is 5.78 Å². The molecule has 5 nitrogen and oxygen atoms in total. The number of aromatic nitrogens is 4. The molecule has 0 fully saturated rings. The molecule has 0 aliphatic rings. The molecule has 9 heteroatoms. The topological polar surface area (TPSA) is 60.2 Å². The molecule has 3 aromatic heterocycles. The fraction of sp³-hybridized carbons (Fsp3) is 0.0526. The summed E-state index contributed by atoms with van der Waals surface area (Å²) in [6, 6.07) is 8.61. The van der Waals surface area contributed by atoms with Crippen molar-refractivity contribution in [1.82, 2.24) is 19.6 Å². The van der Waals surface area contributed by atoms with E-state index in [-0.39, 0.29) is 22.5 Å². The number of fused-ring (bicyclic) bond motifs is 1. The highest BCUT2D eigenvalue weighted by molar-refractivity contribution is 6.11. The minimum absolute atomic E-state index is 0.00238. The summed E-state index contributed by atoms with van der Waals surface area (Å²) in [5, 5.41) is 4.10. The first kappa shape index (κ1) is 17.8. The molecule has 0 saturated carbocycles. The first-order valence-electron chi connectivity index (χ1n) is 8.01. The molecule has 3 heterocycles. The van der Waals surface area contributed by atoms with Crippen LogP contribution in [0.2, 0.25) is 0 Å². The van der Waals surface area contributed by atoms with Crippen LogP contribution in [-0.4, -0.2) is 25.4 Å². The lowest BCUT2D eigenvalue weighted by molar-refractivity contribution is -0.137. The van der Waals surface area contributed by atoms with Crippen molar-refractivity contribution in [2.24, 2.45) is 0 Å². The quantitative estimate of drug-likeness (QED) is 0.392. The molecule has 0 N–H and O–H groups in total. The summed E-state index contributed by atoms with van der Waals surface area (Å²) in [6.07, 6.45) is -0.934. The highest BCUT2D eigenvalue weighted by atomic mass is 19.4. The summed E-state index contributed by atoms with van der Waals surface area (Å²) in [5.41, 5.74) is 0.0712. The molecule has 0 bridgehead atoms. The molecular formula is C19H10F4N4O. The zero-order valence-corrected chi connectivity index (χ0v) is 14.0. The highest BCUT2D eigenvalue weighted by Gasteiger charge is 2.30. The zero-order chi connectivity index (χ0) is 19.9. The van der Waals surface area contributed by atoms with Gasteiger partial charge in [0.15, 0.2) is 5.65 Å². The largest absolute Gasteiger partial charge is 0.416 e. The summed E-state index contributed by atoms with van der Waals surface area (Å²) in [7, 11) is 0. The number of alkyl halides is 3. The summed E-state index contributed by atoms with van der Waals surface area (Å²) in [6.45, 7) is 0. The second-order valence-electron chi connectivity index (χ2n) is 5.89. The lowest BCUT2D eigenvalue weighted by Crippen LogP contribution is -2.06. The van der Waals surface area contributed by atoms with Crippen LogP contribution < -0.4 is 0 Å². The predicted molar refractivity (Wildman–Crippen MR) is 91.1 cm³/mol. The van der Waals surface area contributed by atoms with Crippen molar-refractivity contribution in [2.75, 3.05) is 0 Å². The van der Waals surface area contributed by atoms with E-state index in [9.17, 15) is 22.4 Å². The number of pyridine rings is 1. The molecule has 0 amide bonds. The Morgan fingerprint density at radius 1 is 1.00 bits per heavy atom. The fourth-order valence-electron chi connectivity index (χ4n) is 2.77. The van der Waals surface area contributed by atoms with E-state index in [4.69, 9.17) is 0 Å². The molecule has 28 heavy (non-hydrogen) atoms. The standard InChI is InChI=1S/C19H10F4N4O/c20-13-4-5-15(25-9-13)17(28)14-10-26-27-16(6-7-24-18(14)27)11-2-1-3-12(8-11)19(21,22)23/h1-10H. The molecule has 0 unspecified atom stereocenters. The van der Waals surface area contributed by atoms with Crippen LogP contribution in [0.25, 0.3) is 16.9 Å². The SMILES string of the molecule is O=C(c1ccc(F)cn1)c1cnn2c(-c3cccc(C(F)(F)F)c3)ccnc12. The van der Waals surface area contributed by atoms with Gasteiger partial charge < -0.3 is 0 Å². The van der Waals surface area contributed by atoms with Crippen LogP contribution in [0.5, 0.6) is 0 Å². The van der Waals surface area contributed by atoms with Gasteiger partial charge in [-0.2, -0.15) is 18.3 Å². The Kier molecular flexibility index (Phi) is 4.14. The lowest BCUT2D eigenvalue weighted by atomic mass is 10.1. The van der Waals surface area contributed by atoms with Crippen molar-refractivity contribution < 1.29 is 22.4 Å². The first-order valence-corrected chi connectivity index (χ1v) is 8.01. The van der Waals surface area contributed by atoms with Crippen LogP contribution >= 0.6 is 0 Å². The predicted octanol–water partition coefficient (Wildman–Crippen LogP) is 4.18. The Morgan fingerprint density at radius 2 is 1.82 bits per heavy atom. The van der Waals surface area contributed by atoms with Gasteiger partial charge in [0.05, 0.1) is 29.2 Å². The van der Waals surface area contributed by atoms with Crippen molar-refractivity contribution in [3.8, 4) is 11.3 Å². The third-order valence-electron chi connectivity index (χ3n) is 4.09. The van der Waals surface area contributed by atoms with Crippen molar-refractivity contribution in [2.45, 2.75) is 6.18 Å². The van der Waals surface area contributed by atoms with E-state index in [1.54, 1.807) is 0 Å². The Bertz CT molecular complexity index is 1180. The van der Waals surface area contributed by atoms with Gasteiger partial charge in [-0.25, -0.2) is 18.9 Å². The maximum atomic E-state index is 13.0. The number of ketones is 1. The Morgan fingerprint density at radius 3 is 2.54 bits per heavy atom. The van der Waals surface area contributed by atoms with E-state index in [0.29, 0.717) is 5.69 Å². The Labute approximate surface area is 155 Å². The first-order chi connectivity index (χ1) is 13.3. The molecule has 0 saturated heterocycles. The van der Waals surface area contributed by atoms with Crippen molar-refractivity contribution in [3.63, 3.8) is 0 Å². The second-order valence-corrected chi connectivity index (χ2v) is 5.89. The third kappa shape index (κ3) is 3.11. The third-order valence-corrected chi connectivity index (χ3v) is 4.09. The maximum Gasteiger partial charge on any atom is 0.416 e. The van der Waals surface area contributed by atoms with Crippen molar-refractivity contribution in [3.05, 3.63) is 83.7 Å². The van der Waals surface area contributed by atoms with Crippen LogP contribution in [-0.2, 0) is 6.18 Å². The number of rotatable bonds is 3. The van der Waals surface area contributed by atoms with E-state index in [2.05, 4.69) is 15.1 Å². The molecule has 0 aliphatic heterocycles. The Balaban J connectivity index is 1.82. The minimum Gasteiger partial charge on any atom is -0.287 e. The van der Waals surface area contributed by atoms with Gasteiger partial charge in [-0.1, -0.05) is 12.1 Å². The van der Waals surface area contributed by atoms with Gasteiger partial charge in [0, 0.05) is 11.8 Å². The zero-order valence-electron chi connectivity index (χ0n) is 14.0. The number of nitrogens with zero attached hydrogens (tertiary/aromatic N) is 4. The van der Waals surface area contributed by atoms with E-state index >= 15 is 0 Å². The number of hydrogen-bond acceptors (Lipinski definition) is 4. The molecule has 0 aliphatic carbocycles. The average Bonchev–Trinajstić information content (AvgIpc) is 3.11. The molecule has 0 spiro atoms. The molecule has 4 rings (SSSR count). The van der Waals surface area contributed by atoms with Crippen LogP contribution in [0.3, 0.4) is 0 Å². The van der Waals surface area contributed by atoms with E-state index in [0.717, 1.165) is 24.4 Å².